The van der Waals surface area contributed by atoms with E-state index in [1.54, 1.807) is 18.4 Å². The van der Waals surface area contributed by atoms with E-state index in [9.17, 15) is 0 Å². The minimum atomic E-state index is 0.368. The summed E-state index contributed by atoms with van der Waals surface area (Å²) in [6.07, 6.45) is 1.11. The Morgan fingerprint density at radius 1 is 1.35 bits per heavy atom. The highest BCUT2D eigenvalue weighted by Crippen LogP contribution is 2.31. The van der Waals surface area contributed by atoms with Crippen molar-refractivity contribution < 1.29 is 4.74 Å². The summed E-state index contributed by atoms with van der Waals surface area (Å²) in [5.41, 5.74) is 1.14. The number of rotatable bonds is 9. The largest absolute Gasteiger partial charge is 0.383 e. The van der Waals surface area contributed by atoms with E-state index >= 15 is 0 Å². The first-order chi connectivity index (χ1) is 9.54. The van der Waals surface area contributed by atoms with E-state index in [0.717, 1.165) is 36.9 Å². The number of hydrogen-bond donors (Lipinski definition) is 1. The number of aromatic nitrogens is 1. The normalized spacial score (nSPS) is 14.3. The quantitative estimate of drug-likeness (QED) is 0.758. The van der Waals surface area contributed by atoms with E-state index in [2.05, 4.69) is 44.8 Å². The molecule has 4 nitrogen and oxygen atoms in total. The molecule has 1 aromatic rings. The van der Waals surface area contributed by atoms with E-state index in [1.807, 2.05) is 0 Å². The van der Waals surface area contributed by atoms with Crippen molar-refractivity contribution in [1.82, 2.24) is 10.3 Å². The van der Waals surface area contributed by atoms with Crippen LogP contribution in [0.1, 0.15) is 50.7 Å². The first-order valence-corrected chi connectivity index (χ1v) is 8.32. The van der Waals surface area contributed by atoms with Gasteiger partial charge in [0.05, 0.1) is 12.3 Å². The minimum absolute atomic E-state index is 0.368. The number of anilines is 1. The van der Waals surface area contributed by atoms with Gasteiger partial charge in [0, 0.05) is 30.6 Å². The van der Waals surface area contributed by atoms with Crippen molar-refractivity contribution in [2.45, 2.75) is 53.1 Å². The van der Waals surface area contributed by atoms with Crippen LogP contribution in [0.2, 0.25) is 0 Å². The minimum Gasteiger partial charge on any atom is -0.383 e. The molecule has 1 aromatic heterocycles. The summed E-state index contributed by atoms with van der Waals surface area (Å²) in [7, 11) is 1.75. The van der Waals surface area contributed by atoms with Gasteiger partial charge < -0.3 is 15.0 Å². The lowest BCUT2D eigenvalue weighted by Crippen LogP contribution is -2.35. The van der Waals surface area contributed by atoms with Gasteiger partial charge in [0.2, 0.25) is 0 Å². The van der Waals surface area contributed by atoms with Crippen LogP contribution in [0.4, 0.5) is 5.13 Å². The molecule has 2 unspecified atom stereocenters. The van der Waals surface area contributed by atoms with Gasteiger partial charge in [0.15, 0.2) is 5.13 Å². The molecule has 0 aromatic carbocycles. The first kappa shape index (κ1) is 17.4. The van der Waals surface area contributed by atoms with Gasteiger partial charge >= 0.3 is 0 Å². The molecule has 0 spiro atoms. The van der Waals surface area contributed by atoms with Crippen molar-refractivity contribution in [3.63, 3.8) is 0 Å². The molecule has 5 heteroatoms. The fourth-order valence-electron chi connectivity index (χ4n) is 2.23. The highest BCUT2D eigenvalue weighted by atomic mass is 32.1. The van der Waals surface area contributed by atoms with E-state index in [4.69, 9.17) is 9.72 Å². The number of aryl methyl sites for hydroxylation is 1. The third kappa shape index (κ3) is 4.43. The summed E-state index contributed by atoms with van der Waals surface area (Å²) in [6, 6.07) is 0.852. The Hall–Kier alpha value is -0.650. The highest BCUT2D eigenvalue weighted by Gasteiger charge is 2.20. The molecule has 0 saturated carbocycles. The molecule has 20 heavy (non-hydrogen) atoms. The first-order valence-electron chi connectivity index (χ1n) is 7.51. The molecule has 0 amide bonds. The van der Waals surface area contributed by atoms with Crippen molar-refractivity contribution in [1.29, 1.82) is 0 Å². The maximum Gasteiger partial charge on any atom is 0.186 e. The second-order valence-corrected chi connectivity index (χ2v) is 6.18. The SMILES string of the molecule is CCNC(C)c1sc(N(CCOC)C(C)CC)nc1C. The Balaban J connectivity index is 2.93. The molecule has 0 aliphatic carbocycles. The molecular weight excluding hydrogens is 270 g/mol. The van der Waals surface area contributed by atoms with Crippen LogP contribution in [0.3, 0.4) is 0 Å². The van der Waals surface area contributed by atoms with Gasteiger partial charge in [0.1, 0.15) is 0 Å². The van der Waals surface area contributed by atoms with Crippen LogP contribution in [0.5, 0.6) is 0 Å². The lowest BCUT2D eigenvalue weighted by Gasteiger charge is -2.27. The smallest absolute Gasteiger partial charge is 0.186 e. The van der Waals surface area contributed by atoms with Gasteiger partial charge in [0.25, 0.3) is 0 Å². The van der Waals surface area contributed by atoms with Gasteiger partial charge in [-0.2, -0.15) is 0 Å². The zero-order valence-corrected chi connectivity index (χ0v) is 14.5. The molecule has 116 valence electrons. The number of methoxy groups -OCH3 is 1. The average molecular weight is 299 g/mol. The summed E-state index contributed by atoms with van der Waals surface area (Å²) in [5, 5.41) is 4.59. The molecular formula is C15H29N3OS. The Bertz CT molecular complexity index is 394. The summed E-state index contributed by atoms with van der Waals surface area (Å²) in [6.45, 7) is 13.5. The maximum absolute atomic E-state index is 5.23. The second-order valence-electron chi connectivity index (χ2n) is 5.17. The Kier molecular flexibility index (Phi) is 7.48. The monoisotopic (exact) mass is 299 g/mol. The standard InChI is InChI=1S/C15H29N3OS/c1-7-11(3)18(9-10-19-6)15-17-13(5)14(20-15)12(4)16-8-2/h11-12,16H,7-10H2,1-6H3. The number of thiazole rings is 1. The van der Waals surface area contributed by atoms with Crippen LogP contribution in [-0.2, 0) is 4.74 Å². The fourth-order valence-corrected chi connectivity index (χ4v) is 3.45. The van der Waals surface area contributed by atoms with Crippen molar-refractivity contribution in [3.05, 3.63) is 10.6 Å². The zero-order chi connectivity index (χ0) is 15.1. The average Bonchev–Trinajstić information content (AvgIpc) is 2.81. The predicted octanol–water partition coefficient (Wildman–Crippen LogP) is 3.37. The molecule has 1 rings (SSSR count). The molecule has 0 radical (unpaired) electrons. The lowest BCUT2D eigenvalue weighted by atomic mass is 10.2. The van der Waals surface area contributed by atoms with Crippen molar-refractivity contribution in [2.75, 3.05) is 31.7 Å². The molecule has 0 aliphatic heterocycles. The van der Waals surface area contributed by atoms with Gasteiger partial charge in [-0.1, -0.05) is 13.8 Å². The number of nitrogens with zero attached hydrogens (tertiary/aromatic N) is 2. The van der Waals surface area contributed by atoms with E-state index in [1.165, 1.54) is 4.88 Å². The maximum atomic E-state index is 5.23. The molecule has 1 N–H and O–H groups in total. The Labute approximate surface area is 127 Å². The number of nitrogens with one attached hydrogen (secondary N) is 1. The van der Waals surface area contributed by atoms with Gasteiger partial charge in [-0.3, -0.25) is 0 Å². The van der Waals surface area contributed by atoms with Crippen LogP contribution >= 0.6 is 11.3 Å². The van der Waals surface area contributed by atoms with Crippen molar-refractivity contribution >= 4 is 16.5 Å². The Morgan fingerprint density at radius 2 is 2.05 bits per heavy atom. The van der Waals surface area contributed by atoms with E-state index in [0.29, 0.717) is 12.1 Å². The van der Waals surface area contributed by atoms with Crippen LogP contribution in [0.15, 0.2) is 0 Å². The fraction of sp³-hybridized carbons (Fsp3) is 0.800. The van der Waals surface area contributed by atoms with Gasteiger partial charge in [-0.15, -0.1) is 11.3 Å². The molecule has 0 fully saturated rings. The van der Waals surface area contributed by atoms with Crippen molar-refractivity contribution in [3.8, 4) is 0 Å². The van der Waals surface area contributed by atoms with E-state index < -0.39 is 0 Å². The topological polar surface area (TPSA) is 37.4 Å². The van der Waals surface area contributed by atoms with Gasteiger partial charge in [-0.25, -0.2) is 4.98 Å². The zero-order valence-electron chi connectivity index (χ0n) is 13.7. The Morgan fingerprint density at radius 3 is 2.60 bits per heavy atom. The lowest BCUT2D eigenvalue weighted by molar-refractivity contribution is 0.203. The number of ether oxygens (including phenoxy) is 1. The van der Waals surface area contributed by atoms with Crippen molar-refractivity contribution in [2.24, 2.45) is 0 Å². The van der Waals surface area contributed by atoms with E-state index in [-0.39, 0.29) is 0 Å². The summed E-state index contributed by atoms with van der Waals surface area (Å²) >= 11 is 1.81. The predicted molar refractivity (Wildman–Crippen MR) is 87.9 cm³/mol. The molecule has 2 atom stereocenters. The van der Waals surface area contributed by atoms with Gasteiger partial charge in [-0.05, 0) is 33.7 Å². The molecule has 0 aliphatic rings. The van der Waals surface area contributed by atoms with Crippen LogP contribution < -0.4 is 10.2 Å². The second kappa shape index (κ2) is 8.60. The third-order valence-corrected chi connectivity index (χ3v) is 5.01. The molecule has 1 heterocycles. The summed E-state index contributed by atoms with van der Waals surface area (Å²) < 4.78 is 5.23. The summed E-state index contributed by atoms with van der Waals surface area (Å²) in [5.74, 6) is 0. The summed E-state index contributed by atoms with van der Waals surface area (Å²) in [4.78, 5) is 8.49. The molecule has 0 saturated heterocycles. The van der Waals surface area contributed by atoms with Crippen LogP contribution in [0.25, 0.3) is 0 Å². The molecule has 0 bridgehead atoms. The van der Waals surface area contributed by atoms with Crippen LogP contribution in [-0.4, -0.2) is 37.8 Å². The third-order valence-electron chi connectivity index (χ3n) is 3.63. The highest BCUT2D eigenvalue weighted by molar-refractivity contribution is 7.15. The number of hydrogen-bond acceptors (Lipinski definition) is 5. The van der Waals surface area contributed by atoms with Crippen LogP contribution in [0, 0.1) is 6.92 Å².